The highest BCUT2D eigenvalue weighted by molar-refractivity contribution is 7.17. The van der Waals surface area contributed by atoms with Crippen molar-refractivity contribution in [1.82, 2.24) is 9.97 Å². The summed E-state index contributed by atoms with van der Waals surface area (Å²) in [6.45, 7) is 1.25. The van der Waals surface area contributed by atoms with Crippen LogP contribution in [0.2, 0.25) is 5.02 Å². The smallest absolute Gasteiger partial charge is 0.151 e. The highest BCUT2D eigenvalue weighted by atomic mass is 35.5. The molecule has 0 bridgehead atoms. The first-order valence-electron chi connectivity index (χ1n) is 8.42. The van der Waals surface area contributed by atoms with Gasteiger partial charge in [-0.05, 0) is 36.1 Å². The van der Waals surface area contributed by atoms with Crippen molar-refractivity contribution in [3.05, 3.63) is 41.0 Å². The lowest BCUT2D eigenvalue weighted by atomic mass is 10.1. The molecule has 3 atom stereocenters. The molecule has 0 aliphatic carbocycles. The lowest BCUT2D eigenvalue weighted by molar-refractivity contribution is 0.0309. The van der Waals surface area contributed by atoms with E-state index in [1.807, 2.05) is 29.6 Å². The number of nitrogens with zero attached hydrogens (tertiary/aromatic N) is 2. The fourth-order valence-corrected chi connectivity index (χ4v) is 4.40. The van der Waals surface area contributed by atoms with Gasteiger partial charge in [0.2, 0.25) is 0 Å². The molecule has 26 heavy (non-hydrogen) atoms. The lowest BCUT2D eigenvalue weighted by Crippen LogP contribution is -2.32. The van der Waals surface area contributed by atoms with E-state index >= 15 is 0 Å². The first-order valence-corrected chi connectivity index (χ1v) is 9.68. The van der Waals surface area contributed by atoms with Crippen LogP contribution in [0.1, 0.15) is 6.42 Å². The molecule has 4 heterocycles. The third kappa shape index (κ3) is 2.91. The highest BCUT2D eigenvalue weighted by Gasteiger charge is 2.43. The summed E-state index contributed by atoms with van der Waals surface area (Å²) in [6.07, 6.45) is 2.50. The van der Waals surface area contributed by atoms with E-state index in [1.165, 1.54) is 0 Å². The number of benzene rings is 1. The van der Waals surface area contributed by atoms with Crippen molar-refractivity contribution >= 4 is 44.7 Å². The van der Waals surface area contributed by atoms with E-state index in [0.29, 0.717) is 17.4 Å². The van der Waals surface area contributed by atoms with Crippen LogP contribution < -0.4 is 10.1 Å². The molecule has 0 radical (unpaired) electrons. The number of fused-ring (bicyclic) bond motifs is 2. The summed E-state index contributed by atoms with van der Waals surface area (Å²) in [5, 5.41) is 5.83. The van der Waals surface area contributed by atoms with Crippen LogP contribution >= 0.6 is 22.9 Å². The summed E-state index contributed by atoms with van der Waals surface area (Å²) in [7, 11) is 0. The maximum Gasteiger partial charge on any atom is 0.151 e. The standard InChI is InChI=1S/C18H16ClN3O3S/c19-11-7-10(22-18-17-12(4-6-26-17)20-9-21-18)1-2-13(11)25-15-8-24-14-3-5-23-16(14)15/h1-2,4,6-7,9,14-16H,3,5,8H2,(H,20,21,22). The summed E-state index contributed by atoms with van der Waals surface area (Å²) in [4.78, 5) is 8.58. The van der Waals surface area contributed by atoms with Crippen LogP contribution in [0.15, 0.2) is 36.0 Å². The molecule has 2 saturated heterocycles. The molecular weight excluding hydrogens is 374 g/mol. The fourth-order valence-electron chi connectivity index (χ4n) is 3.38. The van der Waals surface area contributed by atoms with E-state index in [2.05, 4.69) is 15.3 Å². The van der Waals surface area contributed by atoms with Crippen LogP contribution in [-0.2, 0) is 9.47 Å². The molecular formula is C18H16ClN3O3S. The SMILES string of the molecule is Clc1cc(Nc2ncnc3ccsc23)ccc1OC1COC2CCOC21. The molecule has 1 N–H and O–H groups in total. The molecule has 134 valence electrons. The van der Waals surface area contributed by atoms with Crippen molar-refractivity contribution in [1.29, 1.82) is 0 Å². The number of thiophene rings is 1. The zero-order chi connectivity index (χ0) is 17.5. The fraction of sp³-hybridized carbons (Fsp3) is 0.333. The number of aromatic nitrogens is 2. The largest absolute Gasteiger partial charge is 0.484 e. The molecule has 3 unspecified atom stereocenters. The van der Waals surface area contributed by atoms with Crippen molar-refractivity contribution in [2.45, 2.75) is 24.7 Å². The van der Waals surface area contributed by atoms with E-state index in [9.17, 15) is 0 Å². The molecule has 0 spiro atoms. The summed E-state index contributed by atoms with van der Waals surface area (Å²) < 4.78 is 18.5. The van der Waals surface area contributed by atoms with Gasteiger partial charge in [0.25, 0.3) is 0 Å². The molecule has 0 saturated carbocycles. The second-order valence-electron chi connectivity index (χ2n) is 6.28. The molecule has 6 nitrogen and oxygen atoms in total. The number of halogens is 1. The highest BCUT2D eigenvalue weighted by Crippen LogP contribution is 2.35. The quantitative estimate of drug-likeness (QED) is 0.726. The molecule has 5 rings (SSSR count). The molecule has 8 heteroatoms. The number of anilines is 2. The van der Waals surface area contributed by atoms with Gasteiger partial charge in [0.05, 0.1) is 28.0 Å². The number of hydrogen-bond acceptors (Lipinski definition) is 7. The second-order valence-corrected chi connectivity index (χ2v) is 7.60. The van der Waals surface area contributed by atoms with Crippen LogP contribution in [0, 0.1) is 0 Å². The minimum absolute atomic E-state index is 0.00278. The third-order valence-electron chi connectivity index (χ3n) is 4.64. The first-order chi connectivity index (χ1) is 12.8. The molecule has 3 aromatic rings. The van der Waals surface area contributed by atoms with Crippen LogP contribution in [0.5, 0.6) is 5.75 Å². The second kappa shape index (κ2) is 6.66. The molecule has 2 aliphatic rings. The summed E-state index contributed by atoms with van der Waals surface area (Å²) in [5.74, 6) is 1.40. The zero-order valence-electron chi connectivity index (χ0n) is 13.7. The number of rotatable bonds is 4. The predicted octanol–water partition coefficient (Wildman–Crippen LogP) is 4.02. The van der Waals surface area contributed by atoms with Gasteiger partial charge in [-0.2, -0.15) is 0 Å². The molecule has 2 aliphatic heterocycles. The van der Waals surface area contributed by atoms with E-state index in [1.54, 1.807) is 17.7 Å². The van der Waals surface area contributed by atoms with Gasteiger partial charge in [-0.3, -0.25) is 0 Å². The Morgan fingerprint density at radius 1 is 1.23 bits per heavy atom. The van der Waals surface area contributed by atoms with E-state index < -0.39 is 0 Å². The zero-order valence-corrected chi connectivity index (χ0v) is 15.3. The average Bonchev–Trinajstić information content (AvgIpc) is 3.35. The predicted molar refractivity (Wildman–Crippen MR) is 101 cm³/mol. The van der Waals surface area contributed by atoms with Crippen molar-refractivity contribution < 1.29 is 14.2 Å². The Morgan fingerprint density at radius 2 is 2.19 bits per heavy atom. The number of nitrogens with one attached hydrogen (secondary N) is 1. The Bertz CT molecular complexity index is 950. The normalized spacial score (nSPS) is 24.7. The van der Waals surface area contributed by atoms with Gasteiger partial charge in [0.15, 0.2) is 11.9 Å². The third-order valence-corrected chi connectivity index (χ3v) is 5.84. The van der Waals surface area contributed by atoms with Crippen molar-refractivity contribution in [2.75, 3.05) is 18.5 Å². The Labute approximate surface area is 159 Å². The van der Waals surface area contributed by atoms with Gasteiger partial charge >= 0.3 is 0 Å². The topological polar surface area (TPSA) is 65.5 Å². The van der Waals surface area contributed by atoms with Gasteiger partial charge in [0, 0.05) is 12.3 Å². The van der Waals surface area contributed by atoms with Crippen molar-refractivity contribution in [3.63, 3.8) is 0 Å². The van der Waals surface area contributed by atoms with Crippen LogP contribution in [-0.4, -0.2) is 41.5 Å². The minimum Gasteiger partial charge on any atom is -0.484 e. The van der Waals surface area contributed by atoms with Gasteiger partial charge in [-0.1, -0.05) is 11.6 Å². The minimum atomic E-state index is -0.119. The van der Waals surface area contributed by atoms with Crippen LogP contribution in [0.3, 0.4) is 0 Å². The van der Waals surface area contributed by atoms with Crippen LogP contribution in [0.4, 0.5) is 11.5 Å². The first kappa shape index (κ1) is 16.3. The Kier molecular flexibility index (Phi) is 4.17. The maximum absolute atomic E-state index is 6.44. The Hall–Kier alpha value is -1.93. The van der Waals surface area contributed by atoms with Gasteiger partial charge in [-0.25, -0.2) is 9.97 Å². The van der Waals surface area contributed by atoms with E-state index in [-0.39, 0.29) is 18.3 Å². The van der Waals surface area contributed by atoms with E-state index in [4.69, 9.17) is 25.8 Å². The summed E-state index contributed by atoms with van der Waals surface area (Å²) >= 11 is 8.03. The van der Waals surface area contributed by atoms with Gasteiger partial charge in [-0.15, -0.1) is 11.3 Å². The number of hydrogen-bond donors (Lipinski definition) is 1. The lowest BCUT2D eigenvalue weighted by Gasteiger charge is -2.19. The van der Waals surface area contributed by atoms with Crippen LogP contribution in [0.25, 0.3) is 10.2 Å². The molecule has 1 aromatic carbocycles. The van der Waals surface area contributed by atoms with E-state index in [0.717, 1.165) is 34.7 Å². The maximum atomic E-state index is 6.44. The monoisotopic (exact) mass is 389 g/mol. The van der Waals surface area contributed by atoms with Gasteiger partial charge in [0.1, 0.15) is 18.2 Å². The average molecular weight is 390 g/mol. The summed E-state index contributed by atoms with van der Waals surface area (Å²) in [5.41, 5.74) is 1.76. The molecule has 0 amide bonds. The van der Waals surface area contributed by atoms with Crippen molar-refractivity contribution in [2.24, 2.45) is 0 Å². The molecule has 2 aromatic heterocycles. The Balaban J connectivity index is 1.34. The molecule has 2 fully saturated rings. The number of ether oxygens (including phenoxy) is 3. The summed E-state index contributed by atoms with van der Waals surface area (Å²) in [6, 6.07) is 7.59. The Morgan fingerprint density at radius 3 is 3.12 bits per heavy atom. The van der Waals surface area contributed by atoms with Crippen molar-refractivity contribution in [3.8, 4) is 5.75 Å². The van der Waals surface area contributed by atoms with Gasteiger partial charge < -0.3 is 19.5 Å².